The Kier molecular flexibility index (Phi) is 5.82. The SMILES string of the molecule is COC(=O)[C@@]1(C)C[C@H](O)[C@]2(C)CC[C@]3(C)C(=CC[C@@H]4[C@@]5(C)CC[C@H](O)C(C)(C)C5CC[C@]43C)[C@H]2[C@H]1C. The molecule has 0 radical (unpaired) electrons. The Hall–Kier alpha value is -0.870. The monoisotopic (exact) mass is 500 g/mol. The number of rotatable bonds is 1. The molecule has 0 heterocycles. The van der Waals surface area contributed by atoms with Gasteiger partial charge in [0.05, 0.1) is 24.7 Å². The molecule has 5 aliphatic carbocycles. The minimum atomic E-state index is -0.678. The van der Waals surface area contributed by atoms with E-state index in [-0.39, 0.29) is 51.0 Å². The molecule has 11 atom stereocenters. The van der Waals surface area contributed by atoms with E-state index in [1.807, 2.05) is 6.92 Å². The van der Waals surface area contributed by atoms with Crippen LogP contribution in [-0.4, -0.2) is 35.5 Å². The Labute approximate surface area is 219 Å². The number of carbonyl (C=O) groups is 1. The van der Waals surface area contributed by atoms with Crippen LogP contribution in [0.2, 0.25) is 0 Å². The third-order valence-electron chi connectivity index (χ3n) is 14.2. The topological polar surface area (TPSA) is 66.8 Å². The number of aliphatic hydroxyl groups excluding tert-OH is 2. The largest absolute Gasteiger partial charge is 0.469 e. The average molecular weight is 501 g/mol. The van der Waals surface area contributed by atoms with Crippen LogP contribution in [0.4, 0.5) is 0 Å². The molecular formula is C32H52O4. The summed E-state index contributed by atoms with van der Waals surface area (Å²) < 4.78 is 5.30. The van der Waals surface area contributed by atoms with Crippen molar-refractivity contribution < 1.29 is 19.7 Å². The van der Waals surface area contributed by atoms with Crippen molar-refractivity contribution in [2.24, 2.45) is 56.2 Å². The minimum Gasteiger partial charge on any atom is -0.469 e. The molecule has 204 valence electrons. The van der Waals surface area contributed by atoms with Crippen molar-refractivity contribution in [3.63, 3.8) is 0 Å². The van der Waals surface area contributed by atoms with Gasteiger partial charge < -0.3 is 14.9 Å². The van der Waals surface area contributed by atoms with Crippen LogP contribution in [0.3, 0.4) is 0 Å². The third-order valence-corrected chi connectivity index (χ3v) is 14.2. The second kappa shape index (κ2) is 7.84. The molecule has 0 saturated heterocycles. The zero-order valence-corrected chi connectivity index (χ0v) is 24.4. The summed E-state index contributed by atoms with van der Waals surface area (Å²) in [5.41, 5.74) is 1.03. The number of hydrogen-bond donors (Lipinski definition) is 2. The quantitative estimate of drug-likeness (QED) is 0.317. The fraction of sp³-hybridized carbons (Fsp3) is 0.906. The van der Waals surface area contributed by atoms with E-state index in [0.717, 1.165) is 32.1 Å². The van der Waals surface area contributed by atoms with Gasteiger partial charge in [0.1, 0.15) is 0 Å². The van der Waals surface area contributed by atoms with Gasteiger partial charge in [-0.3, -0.25) is 4.79 Å². The van der Waals surface area contributed by atoms with Gasteiger partial charge >= 0.3 is 5.97 Å². The molecule has 0 amide bonds. The van der Waals surface area contributed by atoms with Crippen molar-refractivity contribution in [3.8, 4) is 0 Å². The molecule has 0 spiro atoms. The number of methoxy groups -OCH3 is 1. The first-order chi connectivity index (χ1) is 16.5. The molecule has 0 aromatic rings. The van der Waals surface area contributed by atoms with Crippen LogP contribution in [0, 0.1) is 56.2 Å². The highest BCUT2D eigenvalue weighted by Gasteiger charge is 2.70. The van der Waals surface area contributed by atoms with Crippen molar-refractivity contribution in [2.45, 2.75) is 119 Å². The van der Waals surface area contributed by atoms with Gasteiger partial charge in [0, 0.05) is 5.41 Å². The second-order valence-electron chi connectivity index (χ2n) is 15.6. The van der Waals surface area contributed by atoms with Crippen LogP contribution >= 0.6 is 0 Å². The van der Waals surface area contributed by atoms with E-state index in [1.165, 1.54) is 25.5 Å². The maximum Gasteiger partial charge on any atom is 0.311 e. The summed E-state index contributed by atoms with van der Waals surface area (Å²) in [5, 5.41) is 22.5. The van der Waals surface area contributed by atoms with Gasteiger partial charge in [-0.05, 0) is 104 Å². The zero-order chi connectivity index (χ0) is 26.7. The molecule has 36 heavy (non-hydrogen) atoms. The molecule has 5 rings (SSSR count). The summed E-state index contributed by atoms with van der Waals surface area (Å²) in [5.74, 6) is 1.23. The highest BCUT2D eigenvalue weighted by Crippen LogP contribution is 2.76. The van der Waals surface area contributed by atoms with Gasteiger partial charge in [0.25, 0.3) is 0 Å². The predicted octanol–water partition coefficient (Wildman–Crippen LogP) is 6.54. The van der Waals surface area contributed by atoms with E-state index in [1.54, 1.807) is 0 Å². The number of ether oxygens (including phenoxy) is 1. The average Bonchev–Trinajstić information content (AvgIpc) is 2.81. The number of allylic oxidation sites excluding steroid dienone is 2. The molecule has 4 nitrogen and oxygen atoms in total. The fourth-order valence-electron chi connectivity index (χ4n) is 11.4. The van der Waals surface area contributed by atoms with E-state index in [4.69, 9.17) is 4.74 Å². The van der Waals surface area contributed by atoms with Crippen molar-refractivity contribution in [3.05, 3.63) is 11.6 Å². The van der Waals surface area contributed by atoms with E-state index in [9.17, 15) is 15.0 Å². The first kappa shape index (κ1) is 26.7. The number of fused-ring (bicyclic) bond motifs is 7. The van der Waals surface area contributed by atoms with Crippen molar-refractivity contribution >= 4 is 5.97 Å². The van der Waals surface area contributed by atoms with Crippen molar-refractivity contribution in [1.29, 1.82) is 0 Å². The summed E-state index contributed by atoms with van der Waals surface area (Å²) >= 11 is 0. The Balaban J connectivity index is 1.61. The van der Waals surface area contributed by atoms with Crippen LogP contribution in [0.25, 0.3) is 0 Å². The summed E-state index contributed by atoms with van der Waals surface area (Å²) in [6, 6.07) is 0. The molecule has 4 fully saturated rings. The Morgan fingerprint density at radius 1 is 0.889 bits per heavy atom. The Bertz CT molecular complexity index is 969. The lowest BCUT2D eigenvalue weighted by molar-refractivity contribution is -0.214. The van der Waals surface area contributed by atoms with Crippen LogP contribution in [0.15, 0.2) is 11.6 Å². The molecule has 5 aliphatic rings. The van der Waals surface area contributed by atoms with E-state index in [2.05, 4.69) is 54.5 Å². The summed E-state index contributed by atoms with van der Waals surface area (Å²) in [6.07, 6.45) is 9.90. The highest BCUT2D eigenvalue weighted by atomic mass is 16.5. The number of hydrogen-bond acceptors (Lipinski definition) is 4. The van der Waals surface area contributed by atoms with Gasteiger partial charge in [-0.25, -0.2) is 0 Å². The van der Waals surface area contributed by atoms with Gasteiger partial charge in [-0.15, -0.1) is 0 Å². The number of carbonyl (C=O) groups excluding carboxylic acids is 1. The van der Waals surface area contributed by atoms with Crippen LogP contribution in [-0.2, 0) is 9.53 Å². The standard InChI is InChI=1S/C32H52O4/c1-19-25-20-10-11-22-28(4)14-13-23(33)27(2,3)21(28)12-15-32(22,8)31(20,7)17-16-29(25,5)24(34)18-30(19,6)26(35)36-9/h10,19,21-25,33-34H,11-18H2,1-9H3/t19-,21?,22-,23+,24+,25-,28+,29+,30+,31-,32-/m1/s1. The number of aliphatic hydroxyl groups is 2. The Morgan fingerprint density at radius 2 is 1.56 bits per heavy atom. The third kappa shape index (κ3) is 2.98. The lowest BCUT2D eigenvalue weighted by Crippen LogP contribution is -2.66. The molecule has 4 saturated carbocycles. The van der Waals surface area contributed by atoms with Crippen molar-refractivity contribution in [2.75, 3.05) is 7.11 Å². The first-order valence-electron chi connectivity index (χ1n) is 14.7. The molecule has 0 aromatic heterocycles. The lowest BCUT2D eigenvalue weighted by atomic mass is 9.33. The maximum atomic E-state index is 13.1. The highest BCUT2D eigenvalue weighted by molar-refractivity contribution is 5.77. The van der Waals surface area contributed by atoms with Crippen LogP contribution in [0.1, 0.15) is 107 Å². The van der Waals surface area contributed by atoms with Gasteiger partial charge in [0.2, 0.25) is 0 Å². The smallest absolute Gasteiger partial charge is 0.311 e. The van der Waals surface area contributed by atoms with Gasteiger partial charge in [0.15, 0.2) is 0 Å². The summed E-state index contributed by atoms with van der Waals surface area (Å²) in [7, 11) is 1.48. The Morgan fingerprint density at radius 3 is 2.19 bits per heavy atom. The normalized spacial score (nSPS) is 55.8. The zero-order valence-electron chi connectivity index (χ0n) is 24.4. The van der Waals surface area contributed by atoms with Crippen LogP contribution in [0.5, 0.6) is 0 Å². The second-order valence-corrected chi connectivity index (χ2v) is 15.6. The van der Waals surface area contributed by atoms with Crippen LogP contribution < -0.4 is 0 Å². The van der Waals surface area contributed by atoms with E-state index >= 15 is 0 Å². The van der Waals surface area contributed by atoms with Crippen molar-refractivity contribution in [1.82, 2.24) is 0 Å². The predicted molar refractivity (Wildman–Crippen MR) is 143 cm³/mol. The molecule has 1 unspecified atom stereocenters. The van der Waals surface area contributed by atoms with E-state index < -0.39 is 11.5 Å². The molecule has 2 N–H and O–H groups in total. The molecule has 0 aromatic carbocycles. The molecule has 0 bridgehead atoms. The summed E-state index contributed by atoms with van der Waals surface area (Å²) in [6.45, 7) is 18.8. The summed E-state index contributed by atoms with van der Waals surface area (Å²) in [4.78, 5) is 13.1. The molecular weight excluding hydrogens is 448 g/mol. The van der Waals surface area contributed by atoms with Gasteiger partial charge in [-0.1, -0.05) is 60.1 Å². The fourth-order valence-corrected chi connectivity index (χ4v) is 11.4. The maximum absolute atomic E-state index is 13.1. The molecule has 4 heteroatoms. The van der Waals surface area contributed by atoms with Gasteiger partial charge in [-0.2, -0.15) is 0 Å². The number of esters is 1. The minimum absolute atomic E-state index is 0.0469. The first-order valence-corrected chi connectivity index (χ1v) is 14.7. The van der Waals surface area contributed by atoms with E-state index in [0.29, 0.717) is 18.3 Å². The lowest BCUT2D eigenvalue weighted by Gasteiger charge is -2.72. The molecule has 0 aliphatic heterocycles.